The number of benzene rings is 1. The molecule has 0 nitrogen and oxygen atoms in total. The largest absolute Gasteiger partial charge is 0.115 e. The van der Waals surface area contributed by atoms with Crippen LogP contribution in [0.4, 0.5) is 0 Å². The maximum absolute atomic E-state index is 5.57. The maximum Gasteiger partial charge on any atom is 0.0531 e. The molecule has 0 bridgehead atoms. The first-order chi connectivity index (χ1) is 8.17. The van der Waals surface area contributed by atoms with E-state index in [1.807, 2.05) is 12.1 Å². The second kappa shape index (κ2) is 5.63. The van der Waals surface area contributed by atoms with Crippen molar-refractivity contribution >= 4 is 24.0 Å². The van der Waals surface area contributed by atoms with E-state index in [4.69, 9.17) is 6.42 Å². The first kappa shape index (κ1) is 15.5. The molecule has 2 heteroatoms. The Hall–Kier alpha value is -0.523. The van der Waals surface area contributed by atoms with Crippen LogP contribution in [0.2, 0.25) is 24.2 Å². The molecule has 0 fully saturated rings. The molecule has 0 unspecified atom stereocenters. The molecule has 0 atom stereocenters. The van der Waals surface area contributed by atoms with Crippen molar-refractivity contribution < 1.29 is 0 Å². The van der Waals surface area contributed by atoms with E-state index < -0.39 is 8.07 Å². The molecule has 0 aliphatic heterocycles. The zero-order valence-corrected chi connectivity index (χ0v) is 14.7. The fraction of sp³-hybridized carbons (Fsp3) is 0.500. The van der Waals surface area contributed by atoms with Gasteiger partial charge >= 0.3 is 0 Å². The number of aryl methyl sites for hydroxylation is 1. The molecule has 1 aromatic rings. The molecule has 1 aromatic carbocycles. The van der Waals surface area contributed by atoms with Crippen molar-refractivity contribution in [2.75, 3.05) is 0 Å². The molecule has 1 rings (SSSR count). The van der Waals surface area contributed by atoms with Crippen LogP contribution in [0.3, 0.4) is 0 Å². The molecule has 0 heterocycles. The molecule has 0 saturated heterocycles. The third kappa shape index (κ3) is 3.73. The Morgan fingerprint density at radius 1 is 1.28 bits per heavy atom. The highest BCUT2D eigenvalue weighted by Gasteiger charge is 2.34. The van der Waals surface area contributed by atoms with E-state index in [1.54, 1.807) is 0 Å². The van der Waals surface area contributed by atoms with Gasteiger partial charge in [0.15, 0.2) is 0 Å². The highest BCUT2D eigenvalue weighted by atomic mass is 79.9. The number of terminal acetylenes is 1. The molecule has 0 radical (unpaired) electrons. The lowest BCUT2D eigenvalue weighted by molar-refractivity contribution is 0.711. The van der Waals surface area contributed by atoms with E-state index in [0.29, 0.717) is 5.04 Å². The van der Waals surface area contributed by atoms with Gasteiger partial charge < -0.3 is 0 Å². The fourth-order valence-corrected chi connectivity index (χ4v) is 3.78. The minimum atomic E-state index is -1.22. The van der Waals surface area contributed by atoms with Crippen LogP contribution in [0, 0.1) is 12.3 Å². The summed E-state index contributed by atoms with van der Waals surface area (Å²) < 4.78 is 1.12. The average Bonchev–Trinajstić information content (AvgIpc) is 2.25. The monoisotopic (exact) mass is 322 g/mol. The lowest BCUT2D eigenvalue weighted by atomic mass is 10.1. The van der Waals surface area contributed by atoms with Crippen LogP contribution in [0.5, 0.6) is 0 Å². The SMILES string of the molecule is C#Cc1ccc(Br)cc1CC[Si](C)(C)C(C)(C)C. The maximum atomic E-state index is 5.57. The molecule has 0 aliphatic rings. The van der Waals surface area contributed by atoms with Crippen molar-refractivity contribution in [3.63, 3.8) is 0 Å². The number of hydrogen-bond acceptors (Lipinski definition) is 0. The van der Waals surface area contributed by atoms with Gasteiger partial charge in [0.25, 0.3) is 0 Å². The van der Waals surface area contributed by atoms with E-state index in [-0.39, 0.29) is 0 Å². The highest BCUT2D eigenvalue weighted by molar-refractivity contribution is 9.10. The predicted molar refractivity (Wildman–Crippen MR) is 87.8 cm³/mol. The summed E-state index contributed by atoms with van der Waals surface area (Å²) in [6.45, 7) is 12.0. The smallest absolute Gasteiger partial charge is 0.0531 e. The minimum absolute atomic E-state index is 0.440. The highest BCUT2D eigenvalue weighted by Crippen LogP contribution is 2.39. The number of rotatable bonds is 3. The van der Waals surface area contributed by atoms with Crippen LogP contribution in [0.25, 0.3) is 0 Å². The number of halogens is 1. The second-order valence-electron chi connectivity index (χ2n) is 6.58. The summed E-state index contributed by atoms with van der Waals surface area (Å²) in [4.78, 5) is 0. The zero-order valence-electron chi connectivity index (χ0n) is 12.1. The predicted octanol–water partition coefficient (Wildman–Crippen LogP) is 5.48. The van der Waals surface area contributed by atoms with Crippen molar-refractivity contribution in [2.24, 2.45) is 0 Å². The topological polar surface area (TPSA) is 0 Å². The van der Waals surface area contributed by atoms with E-state index >= 15 is 0 Å². The van der Waals surface area contributed by atoms with E-state index in [0.717, 1.165) is 16.5 Å². The Morgan fingerprint density at radius 3 is 2.39 bits per heavy atom. The molecule has 0 amide bonds. The summed E-state index contributed by atoms with van der Waals surface area (Å²) in [6.07, 6.45) is 6.66. The lowest BCUT2D eigenvalue weighted by Gasteiger charge is -2.37. The van der Waals surface area contributed by atoms with Gasteiger partial charge in [-0.15, -0.1) is 6.42 Å². The minimum Gasteiger partial charge on any atom is -0.115 e. The quantitative estimate of drug-likeness (QED) is 0.510. The molecule has 0 aliphatic carbocycles. The molecular formula is C16H23BrSi. The summed E-state index contributed by atoms with van der Waals surface area (Å²) in [5.41, 5.74) is 2.34. The Morgan fingerprint density at radius 2 is 1.89 bits per heavy atom. The van der Waals surface area contributed by atoms with Gasteiger partial charge in [-0.2, -0.15) is 0 Å². The molecule has 18 heavy (non-hydrogen) atoms. The summed E-state index contributed by atoms with van der Waals surface area (Å²) in [6, 6.07) is 7.50. The zero-order chi connectivity index (χ0) is 14.0. The second-order valence-corrected chi connectivity index (χ2v) is 13.3. The lowest BCUT2D eigenvalue weighted by Crippen LogP contribution is -2.37. The van der Waals surface area contributed by atoms with Crippen LogP contribution in [0.15, 0.2) is 22.7 Å². The first-order valence-electron chi connectivity index (χ1n) is 6.42. The van der Waals surface area contributed by atoms with E-state index in [9.17, 15) is 0 Å². The third-order valence-corrected chi connectivity index (χ3v) is 10.3. The van der Waals surface area contributed by atoms with Crippen molar-refractivity contribution in [3.8, 4) is 12.3 Å². The Balaban J connectivity index is 2.88. The third-order valence-electron chi connectivity index (χ3n) is 4.27. The van der Waals surface area contributed by atoms with Gasteiger partial charge in [-0.25, -0.2) is 0 Å². The molecule has 0 aromatic heterocycles. The van der Waals surface area contributed by atoms with Crippen molar-refractivity contribution in [3.05, 3.63) is 33.8 Å². The van der Waals surface area contributed by atoms with Crippen molar-refractivity contribution in [1.29, 1.82) is 0 Å². The van der Waals surface area contributed by atoms with E-state index in [1.165, 1.54) is 11.6 Å². The van der Waals surface area contributed by atoms with Crippen LogP contribution < -0.4 is 0 Å². The standard InChI is InChI=1S/C16H23BrSi/c1-7-13-8-9-15(17)12-14(13)10-11-18(5,6)16(2,3)4/h1,8-9,12H,10-11H2,2-6H3. The van der Waals surface area contributed by atoms with Crippen LogP contribution in [-0.4, -0.2) is 8.07 Å². The van der Waals surface area contributed by atoms with Gasteiger partial charge in [-0.3, -0.25) is 0 Å². The van der Waals surface area contributed by atoms with Gasteiger partial charge in [-0.1, -0.05) is 61.8 Å². The van der Waals surface area contributed by atoms with Gasteiger partial charge in [0, 0.05) is 10.0 Å². The number of hydrogen-bond donors (Lipinski definition) is 0. The van der Waals surface area contributed by atoms with Gasteiger partial charge in [0.05, 0.1) is 8.07 Å². The van der Waals surface area contributed by atoms with Crippen LogP contribution >= 0.6 is 15.9 Å². The fourth-order valence-electron chi connectivity index (χ4n) is 1.73. The Labute approximate surface area is 121 Å². The molecule has 0 N–H and O–H groups in total. The van der Waals surface area contributed by atoms with Gasteiger partial charge in [-0.05, 0) is 35.2 Å². The molecule has 0 spiro atoms. The normalized spacial score (nSPS) is 12.3. The Kier molecular flexibility index (Phi) is 4.86. The molecular weight excluding hydrogens is 300 g/mol. The summed E-state index contributed by atoms with van der Waals surface area (Å²) >= 11 is 3.53. The van der Waals surface area contributed by atoms with Crippen molar-refractivity contribution in [1.82, 2.24) is 0 Å². The van der Waals surface area contributed by atoms with Gasteiger partial charge in [0.1, 0.15) is 0 Å². The van der Waals surface area contributed by atoms with Crippen molar-refractivity contribution in [2.45, 2.75) is 51.4 Å². The van der Waals surface area contributed by atoms with Crippen LogP contribution in [-0.2, 0) is 6.42 Å². The van der Waals surface area contributed by atoms with Crippen LogP contribution in [0.1, 0.15) is 31.9 Å². The summed E-state index contributed by atoms with van der Waals surface area (Å²) in [5.74, 6) is 2.79. The summed E-state index contributed by atoms with van der Waals surface area (Å²) in [5, 5.41) is 0.440. The first-order valence-corrected chi connectivity index (χ1v) is 10.4. The van der Waals surface area contributed by atoms with Gasteiger partial charge in [0.2, 0.25) is 0 Å². The van der Waals surface area contributed by atoms with E-state index in [2.05, 4.69) is 61.8 Å². The molecule has 98 valence electrons. The summed E-state index contributed by atoms with van der Waals surface area (Å²) in [7, 11) is -1.22. The Bertz CT molecular complexity index is 461. The molecule has 0 saturated carbocycles. The average molecular weight is 323 g/mol.